The molecular formula is C19H17FN2O4S. The van der Waals surface area contributed by atoms with E-state index in [0.29, 0.717) is 17.1 Å². The molecule has 8 heteroatoms. The lowest BCUT2D eigenvalue weighted by molar-refractivity contribution is -0.121. The molecule has 1 N–H and O–H groups in total. The molecule has 0 aromatic heterocycles. The first-order valence-corrected chi connectivity index (χ1v) is 9.20. The lowest BCUT2D eigenvalue weighted by Crippen LogP contribution is -2.31. The summed E-state index contributed by atoms with van der Waals surface area (Å²) in [7, 11) is 1.55. The molecule has 2 aromatic carbocycles. The van der Waals surface area contributed by atoms with E-state index >= 15 is 0 Å². The fraction of sp³-hybridized carbons (Fsp3) is 0.211. The highest BCUT2D eigenvalue weighted by atomic mass is 32.2. The van der Waals surface area contributed by atoms with E-state index in [1.807, 2.05) is 0 Å². The third kappa shape index (κ3) is 4.46. The SMILES string of the molecule is COc1ccc(NC(=O)CS[C@@H]2CC(=O)N(c3ccc(F)cc3)C2=O)cc1. The number of thioether (sulfide) groups is 1. The Labute approximate surface area is 159 Å². The van der Waals surface area contributed by atoms with Gasteiger partial charge in [-0.3, -0.25) is 14.4 Å². The number of nitrogens with zero attached hydrogens (tertiary/aromatic N) is 1. The summed E-state index contributed by atoms with van der Waals surface area (Å²) in [5, 5.41) is 2.09. The normalized spacial score (nSPS) is 16.5. The van der Waals surface area contributed by atoms with Crippen LogP contribution in [0.15, 0.2) is 48.5 Å². The number of imide groups is 1. The molecule has 3 rings (SSSR count). The molecule has 0 spiro atoms. The monoisotopic (exact) mass is 388 g/mol. The molecule has 0 radical (unpaired) electrons. The van der Waals surface area contributed by atoms with Crippen molar-refractivity contribution >= 4 is 40.9 Å². The summed E-state index contributed by atoms with van der Waals surface area (Å²) in [5.74, 6) is -0.760. The van der Waals surface area contributed by atoms with Crippen LogP contribution in [-0.4, -0.2) is 35.8 Å². The van der Waals surface area contributed by atoms with Gasteiger partial charge in [-0.2, -0.15) is 0 Å². The number of rotatable bonds is 6. The van der Waals surface area contributed by atoms with Crippen molar-refractivity contribution in [3.05, 3.63) is 54.3 Å². The van der Waals surface area contributed by atoms with Crippen LogP contribution in [0.1, 0.15) is 6.42 Å². The van der Waals surface area contributed by atoms with Crippen LogP contribution in [0.3, 0.4) is 0 Å². The summed E-state index contributed by atoms with van der Waals surface area (Å²) in [6.45, 7) is 0. The van der Waals surface area contributed by atoms with Crippen molar-refractivity contribution in [2.45, 2.75) is 11.7 Å². The van der Waals surface area contributed by atoms with E-state index in [1.54, 1.807) is 31.4 Å². The van der Waals surface area contributed by atoms with Crippen LogP contribution >= 0.6 is 11.8 Å². The van der Waals surface area contributed by atoms with E-state index in [4.69, 9.17) is 4.74 Å². The molecule has 0 bridgehead atoms. The molecule has 1 fully saturated rings. The van der Waals surface area contributed by atoms with Gasteiger partial charge >= 0.3 is 0 Å². The maximum absolute atomic E-state index is 13.0. The predicted octanol–water partition coefficient (Wildman–Crippen LogP) is 2.84. The van der Waals surface area contributed by atoms with Crippen LogP contribution in [0.2, 0.25) is 0 Å². The minimum atomic E-state index is -0.635. The number of carbonyl (C=O) groups excluding carboxylic acids is 3. The molecular weight excluding hydrogens is 371 g/mol. The van der Waals surface area contributed by atoms with E-state index in [2.05, 4.69) is 5.32 Å². The average molecular weight is 388 g/mol. The van der Waals surface area contributed by atoms with E-state index in [0.717, 1.165) is 16.7 Å². The lowest BCUT2D eigenvalue weighted by atomic mass is 10.3. The summed E-state index contributed by atoms with van der Waals surface area (Å²) < 4.78 is 18.1. The number of amides is 3. The van der Waals surface area contributed by atoms with Crippen molar-refractivity contribution in [3.8, 4) is 5.75 Å². The fourth-order valence-electron chi connectivity index (χ4n) is 2.64. The predicted molar refractivity (Wildman–Crippen MR) is 101 cm³/mol. The quantitative estimate of drug-likeness (QED) is 0.770. The van der Waals surface area contributed by atoms with Gasteiger partial charge in [0.2, 0.25) is 17.7 Å². The summed E-state index contributed by atoms with van der Waals surface area (Å²) in [6.07, 6.45) is 0.0106. The molecule has 1 saturated heterocycles. The molecule has 6 nitrogen and oxygen atoms in total. The van der Waals surface area contributed by atoms with Crippen LogP contribution < -0.4 is 15.0 Å². The third-order valence-corrected chi connectivity index (χ3v) is 5.18. The zero-order chi connectivity index (χ0) is 19.4. The van der Waals surface area contributed by atoms with Gasteiger partial charge in [0.05, 0.1) is 23.8 Å². The van der Waals surface area contributed by atoms with Crippen molar-refractivity contribution < 1.29 is 23.5 Å². The molecule has 1 heterocycles. The minimum Gasteiger partial charge on any atom is -0.497 e. The maximum atomic E-state index is 13.0. The molecule has 3 amide bonds. The summed E-state index contributed by atoms with van der Waals surface area (Å²) in [4.78, 5) is 37.8. The van der Waals surface area contributed by atoms with Crippen LogP contribution in [-0.2, 0) is 14.4 Å². The highest BCUT2D eigenvalue weighted by molar-refractivity contribution is 8.01. The molecule has 27 heavy (non-hydrogen) atoms. The van der Waals surface area contributed by atoms with Crippen LogP contribution in [0.5, 0.6) is 5.75 Å². The number of nitrogens with one attached hydrogen (secondary N) is 1. The van der Waals surface area contributed by atoms with Gasteiger partial charge in [-0.25, -0.2) is 9.29 Å². The second-order valence-corrected chi connectivity index (χ2v) is 7.02. The number of methoxy groups -OCH3 is 1. The van der Waals surface area contributed by atoms with Gasteiger partial charge in [-0.1, -0.05) is 0 Å². The van der Waals surface area contributed by atoms with E-state index in [9.17, 15) is 18.8 Å². The topological polar surface area (TPSA) is 75.7 Å². The largest absolute Gasteiger partial charge is 0.497 e. The van der Waals surface area contributed by atoms with Gasteiger partial charge in [0.1, 0.15) is 11.6 Å². The number of hydrogen-bond acceptors (Lipinski definition) is 5. The molecule has 0 aliphatic carbocycles. The standard InChI is InChI=1S/C19H17FN2O4S/c1-26-15-8-4-13(5-9-15)21-17(23)11-27-16-10-18(24)22(19(16)25)14-6-2-12(20)3-7-14/h2-9,16H,10-11H2,1H3,(H,21,23)/t16-/m1/s1. The Morgan fingerprint density at radius 3 is 2.48 bits per heavy atom. The zero-order valence-electron chi connectivity index (χ0n) is 14.5. The second-order valence-electron chi connectivity index (χ2n) is 5.82. The Bertz CT molecular complexity index is 855. The van der Waals surface area contributed by atoms with Crippen molar-refractivity contribution in [1.82, 2.24) is 0 Å². The van der Waals surface area contributed by atoms with E-state index in [1.165, 1.54) is 24.3 Å². The zero-order valence-corrected chi connectivity index (χ0v) is 15.3. The van der Waals surface area contributed by atoms with Crippen molar-refractivity contribution in [2.24, 2.45) is 0 Å². The van der Waals surface area contributed by atoms with Crippen molar-refractivity contribution in [1.29, 1.82) is 0 Å². The smallest absolute Gasteiger partial charge is 0.247 e. The van der Waals surface area contributed by atoms with Crippen molar-refractivity contribution in [2.75, 3.05) is 23.1 Å². The van der Waals surface area contributed by atoms with E-state index in [-0.39, 0.29) is 24.0 Å². The number of carbonyl (C=O) groups is 3. The number of ether oxygens (including phenoxy) is 1. The average Bonchev–Trinajstić information content (AvgIpc) is 2.95. The first kappa shape index (κ1) is 18.9. The van der Waals surface area contributed by atoms with Gasteiger partial charge < -0.3 is 10.1 Å². The third-order valence-electron chi connectivity index (χ3n) is 3.98. The van der Waals surface area contributed by atoms with Crippen LogP contribution in [0.25, 0.3) is 0 Å². The molecule has 1 aliphatic heterocycles. The molecule has 0 unspecified atom stereocenters. The Kier molecular flexibility index (Phi) is 5.75. The molecule has 0 saturated carbocycles. The number of halogens is 1. The van der Waals surface area contributed by atoms with Gasteiger partial charge in [-0.15, -0.1) is 11.8 Å². The number of benzene rings is 2. The van der Waals surface area contributed by atoms with E-state index < -0.39 is 17.0 Å². The summed E-state index contributed by atoms with van der Waals surface area (Å²) in [5.41, 5.74) is 0.945. The Morgan fingerprint density at radius 2 is 1.85 bits per heavy atom. The van der Waals surface area contributed by atoms with Gasteiger partial charge in [0, 0.05) is 12.1 Å². The first-order valence-electron chi connectivity index (χ1n) is 8.16. The molecule has 2 aromatic rings. The molecule has 140 valence electrons. The summed E-state index contributed by atoms with van der Waals surface area (Å²) in [6, 6.07) is 12.0. The molecule has 1 atom stereocenters. The highest BCUT2D eigenvalue weighted by Crippen LogP contribution is 2.29. The Hall–Kier alpha value is -2.87. The van der Waals surface area contributed by atoms with Gasteiger partial charge in [0.25, 0.3) is 0 Å². The number of hydrogen-bond donors (Lipinski definition) is 1. The van der Waals surface area contributed by atoms with Crippen molar-refractivity contribution in [3.63, 3.8) is 0 Å². The minimum absolute atomic E-state index is 0.0106. The maximum Gasteiger partial charge on any atom is 0.247 e. The first-order chi connectivity index (χ1) is 13.0. The Balaban J connectivity index is 1.56. The number of anilines is 2. The highest BCUT2D eigenvalue weighted by Gasteiger charge is 2.40. The second kappa shape index (κ2) is 8.22. The molecule has 1 aliphatic rings. The van der Waals surface area contributed by atoms with Gasteiger partial charge in [0.15, 0.2) is 0 Å². The Morgan fingerprint density at radius 1 is 1.19 bits per heavy atom. The van der Waals surface area contributed by atoms with Crippen LogP contribution in [0.4, 0.5) is 15.8 Å². The van der Waals surface area contributed by atoms with Crippen LogP contribution in [0, 0.1) is 5.82 Å². The lowest BCUT2D eigenvalue weighted by Gasteiger charge is -2.14. The fourth-order valence-corrected chi connectivity index (χ4v) is 3.58. The van der Waals surface area contributed by atoms with Gasteiger partial charge in [-0.05, 0) is 48.5 Å². The summed E-state index contributed by atoms with van der Waals surface area (Å²) >= 11 is 1.11.